The van der Waals surface area contributed by atoms with Gasteiger partial charge < -0.3 is 4.52 Å². The van der Waals surface area contributed by atoms with E-state index in [1.807, 2.05) is 0 Å². The zero-order chi connectivity index (χ0) is 10.8. The maximum absolute atomic E-state index is 4.88. The van der Waals surface area contributed by atoms with Gasteiger partial charge in [0.1, 0.15) is 5.82 Å². The first kappa shape index (κ1) is 10.1. The highest BCUT2D eigenvalue weighted by Crippen LogP contribution is 2.11. The number of hydrogen-bond donors (Lipinski definition) is 1. The number of aryl methyl sites for hydroxylation is 2. The predicted molar refractivity (Wildman–Crippen MR) is 60.4 cm³/mol. The molecular weight excluding hydrogens is 208 g/mol. The number of H-pyrrole nitrogens is 1. The van der Waals surface area contributed by atoms with Crippen LogP contribution >= 0.6 is 12.2 Å². The molecule has 15 heavy (non-hydrogen) atoms. The Morgan fingerprint density at radius 1 is 1.27 bits per heavy atom. The van der Waals surface area contributed by atoms with E-state index in [0.29, 0.717) is 0 Å². The summed E-state index contributed by atoms with van der Waals surface area (Å²) in [6.45, 7) is 4.17. The Balaban J connectivity index is 2.27. The summed E-state index contributed by atoms with van der Waals surface area (Å²) in [7, 11) is 0. The van der Waals surface area contributed by atoms with E-state index in [0.717, 1.165) is 12.2 Å². The second-order valence-electron chi connectivity index (χ2n) is 3.70. The van der Waals surface area contributed by atoms with Gasteiger partial charge in [-0.25, -0.2) is 5.16 Å². The lowest BCUT2D eigenvalue weighted by molar-refractivity contribution is 0.399. The van der Waals surface area contributed by atoms with Crippen LogP contribution in [0.4, 0.5) is 0 Å². The summed E-state index contributed by atoms with van der Waals surface area (Å²) in [4.78, 5) is 4.32. The van der Waals surface area contributed by atoms with Crippen LogP contribution in [-0.4, -0.2) is 10.1 Å². The molecule has 0 fully saturated rings. The van der Waals surface area contributed by atoms with Gasteiger partial charge in [0, 0.05) is 6.42 Å². The molecule has 2 rings (SSSR count). The van der Waals surface area contributed by atoms with Gasteiger partial charge in [0.25, 0.3) is 0 Å². The maximum atomic E-state index is 4.88. The van der Waals surface area contributed by atoms with Gasteiger partial charge in [-0.05, 0) is 31.6 Å². The molecule has 4 heteroatoms. The minimum Gasteiger partial charge on any atom is -0.348 e. The fourth-order valence-electron chi connectivity index (χ4n) is 1.70. The zero-order valence-electron chi connectivity index (χ0n) is 8.70. The van der Waals surface area contributed by atoms with Crippen LogP contribution in [0.1, 0.15) is 22.5 Å². The van der Waals surface area contributed by atoms with E-state index >= 15 is 0 Å². The number of benzene rings is 1. The molecule has 0 amide bonds. The number of hydrogen-bond acceptors (Lipinski definition) is 3. The standard InChI is InChI=1S/C11H12N2OS/c1-7-3-8(2)5-9(4-7)6-10-12-11(15)14-13-10/h3-5H,6H2,1-2H3,(H,12,13,15). The summed E-state index contributed by atoms with van der Waals surface area (Å²) >= 11 is 4.79. The largest absolute Gasteiger partial charge is 0.348 e. The van der Waals surface area contributed by atoms with Crippen molar-refractivity contribution in [2.24, 2.45) is 0 Å². The van der Waals surface area contributed by atoms with Crippen LogP contribution in [0, 0.1) is 18.7 Å². The Morgan fingerprint density at radius 2 is 1.93 bits per heavy atom. The molecule has 0 unspecified atom stereocenters. The van der Waals surface area contributed by atoms with Gasteiger partial charge in [0.05, 0.1) is 0 Å². The van der Waals surface area contributed by atoms with Crippen LogP contribution in [0.15, 0.2) is 22.7 Å². The fourth-order valence-corrected chi connectivity index (χ4v) is 1.85. The van der Waals surface area contributed by atoms with Gasteiger partial charge in [-0.1, -0.05) is 29.3 Å². The van der Waals surface area contributed by atoms with E-state index in [9.17, 15) is 0 Å². The van der Waals surface area contributed by atoms with Crippen molar-refractivity contribution in [2.75, 3.05) is 0 Å². The van der Waals surface area contributed by atoms with Crippen molar-refractivity contribution >= 4 is 12.2 Å². The minimum absolute atomic E-state index is 0.259. The SMILES string of the molecule is Cc1cc(C)cc(Cc2nc(=S)o[nH]2)c1. The van der Waals surface area contributed by atoms with Crippen molar-refractivity contribution in [2.45, 2.75) is 20.3 Å². The third kappa shape index (κ3) is 2.53. The van der Waals surface area contributed by atoms with E-state index in [4.69, 9.17) is 16.7 Å². The molecule has 0 saturated heterocycles. The summed E-state index contributed by atoms with van der Waals surface area (Å²) in [5.41, 5.74) is 3.73. The molecule has 2 aromatic rings. The molecule has 1 aromatic carbocycles. The highest BCUT2D eigenvalue weighted by atomic mass is 32.1. The lowest BCUT2D eigenvalue weighted by Gasteiger charge is -2.02. The van der Waals surface area contributed by atoms with Gasteiger partial charge in [-0.15, -0.1) is 0 Å². The van der Waals surface area contributed by atoms with E-state index in [1.54, 1.807) is 0 Å². The van der Waals surface area contributed by atoms with E-state index in [-0.39, 0.29) is 4.84 Å². The lowest BCUT2D eigenvalue weighted by Crippen LogP contribution is -1.92. The first-order valence-corrected chi connectivity index (χ1v) is 5.16. The molecule has 0 aliphatic rings. The third-order valence-corrected chi connectivity index (χ3v) is 2.31. The topological polar surface area (TPSA) is 41.8 Å². The van der Waals surface area contributed by atoms with Gasteiger partial charge in [0.15, 0.2) is 0 Å². The lowest BCUT2D eigenvalue weighted by atomic mass is 10.1. The zero-order valence-corrected chi connectivity index (χ0v) is 9.52. The van der Waals surface area contributed by atoms with E-state index < -0.39 is 0 Å². The Labute approximate surface area is 93.1 Å². The van der Waals surface area contributed by atoms with Crippen LogP contribution < -0.4 is 0 Å². The highest BCUT2D eigenvalue weighted by Gasteiger charge is 2.01. The molecule has 0 aliphatic heterocycles. The number of nitrogens with zero attached hydrogens (tertiary/aromatic N) is 1. The second-order valence-corrected chi connectivity index (χ2v) is 4.05. The van der Waals surface area contributed by atoms with Crippen molar-refractivity contribution in [3.05, 3.63) is 45.6 Å². The summed E-state index contributed by atoms with van der Waals surface area (Å²) in [5.74, 6) is 0.769. The van der Waals surface area contributed by atoms with E-state index in [1.165, 1.54) is 16.7 Å². The molecule has 0 atom stereocenters. The van der Waals surface area contributed by atoms with Gasteiger partial charge in [-0.2, -0.15) is 4.98 Å². The first-order chi connectivity index (χ1) is 7.13. The number of aromatic amines is 1. The fraction of sp³-hybridized carbons (Fsp3) is 0.273. The average molecular weight is 220 g/mol. The molecule has 78 valence electrons. The molecule has 0 aliphatic carbocycles. The smallest absolute Gasteiger partial charge is 0.314 e. The minimum atomic E-state index is 0.259. The summed E-state index contributed by atoms with van der Waals surface area (Å²) in [5, 5.41) is 2.70. The Morgan fingerprint density at radius 3 is 2.47 bits per heavy atom. The van der Waals surface area contributed by atoms with Crippen molar-refractivity contribution < 1.29 is 4.52 Å². The quantitative estimate of drug-likeness (QED) is 0.791. The third-order valence-electron chi connectivity index (χ3n) is 2.14. The van der Waals surface area contributed by atoms with Crippen LogP contribution in [0.2, 0.25) is 0 Å². The first-order valence-electron chi connectivity index (χ1n) is 4.75. The second kappa shape index (κ2) is 3.98. The molecule has 0 bridgehead atoms. The highest BCUT2D eigenvalue weighted by molar-refractivity contribution is 7.71. The Bertz CT molecular complexity index is 507. The molecular formula is C11H12N2OS. The Hall–Kier alpha value is -1.42. The molecule has 0 saturated carbocycles. The number of aromatic nitrogens is 2. The average Bonchev–Trinajstić information content (AvgIpc) is 2.49. The molecule has 1 heterocycles. The summed E-state index contributed by atoms with van der Waals surface area (Å²) in [6.07, 6.45) is 0.725. The van der Waals surface area contributed by atoms with Crippen molar-refractivity contribution in [3.8, 4) is 0 Å². The molecule has 0 radical (unpaired) electrons. The molecule has 3 nitrogen and oxygen atoms in total. The van der Waals surface area contributed by atoms with Gasteiger partial charge in [-0.3, -0.25) is 0 Å². The van der Waals surface area contributed by atoms with Crippen LogP contribution in [0.25, 0.3) is 0 Å². The van der Waals surface area contributed by atoms with Gasteiger partial charge >= 0.3 is 4.84 Å². The monoisotopic (exact) mass is 220 g/mol. The van der Waals surface area contributed by atoms with Crippen LogP contribution in [-0.2, 0) is 6.42 Å². The molecule has 1 N–H and O–H groups in total. The van der Waals surface area contributed by atoms with Gasteiger partial charge in [0.2, 0.25) is 0 Å². The summed E-state index contributed by atoms with van der Waals surface area (Å²) < 4.78 is 4.88. The van der Waals surface area contributed by atoms with Crippen molar-refractivity contribution in [1.82, 2.24) is 10.1 Å². The van der Waals surface area contributed by atoms with Crippen LogP contribution in [0.3, 0.4) is 0 Å². The summed E-state index contributed by atoms with van der Waals surface area (Å²) in [6, 6.07) is 6.42. The predicted octanol–water partition coefficient (Wildman–Crippen LogP) is 2.94. The number of nitrogens with one attached hydrogen (secondary N) is 1. The maximum Gasteiger partial charge on any atom is 0.314 e. The van der Waals surface area contributed by atoms with E-state index in [2.05, 4.69) is 42.2 Å². The van der Waals surface area contributed by atoms with Crippen molar-refractivity contribution in [1.29, 1.82) is 0 Å². The Kier molecular flexibility index (Phi) is 2.68. The van der Waals surface area contributed by atoms with Crippen LogP contribution in [0.5, 0.6) is 0 Å². The molecule has 0 spiro atoms. The normalized spacial score (nSPS) is 10.5. The number of rotatable bonds is 2. The van der Waals surface area contributed by atoms with Crippen molar-refractivity contribution in [3.63, 3.8) is 0 Å². The molecule has 1 aromatic heterocycles.